The van der Waals surface area contributed by atoms with Crippen molar-refractivity contribution in [1.82, 2.24) is 9.55 Å². The summed E-state index contributed by atoms with van der Waals surface area (Å²) in [4.78, 5) is 4.06. The van der Waals surface area contributed by atoms with Gasteiger partial charge in [0, 0.05) is 17.8 Å². The van der Waals surface area contributed by atoms with Crippen LogP contribution in [-0.2, 0) is 0 Å². The molecule has 0 saturated heterocycles. The Labute approximate surface area is 87.3 Å². The molecule has 0 aliphatic carbocycles. The van der Waals surface area contributed by atoms with E-state index in [1.807, 2.05) is 12.1 Å². The van der Waals surface area contributed by atoms with Crippen molar-refractivity contribution in [3.05, 3.63) is 24.5 Å². The zero-order valence-electron chi connectivity index (χ0n) is 8.27. The van der Waals surface area contributed by atoms with E-state index >= 15 is 0 Å². The highest BCUT2D eigenvalue weighted by Crippen LogP contribution is 2.27. The first-order valence-corrected chi connectivity index (χ1v) is 5.76. The van der Waals surface area contributed by atoms with Gasteiger partial charge >= 0.3 is 0 Å². The standard InChI is InChI=1S/C10H13N3S/c1-7(14-2)13-6-4-8-9(13)3-5-12-10(8)11/h3-7H,1-2H3,(H2,11,12). The maximum Gasteiger partial charge on any atom is 0.132 e. The number of pyridine rings is 1. The number of hydrogen-bond acceptors (Lipinski definition) is 3. The first-order valence-electron chi connectivity index (χ1n) is 4.48. The Bertz CT molecular complexity index is 450. The van der Waals surface area contributed by atoms with Gasteiger partial charge in [-0.15, -0.1) is 11.8 Å². The smallest absolute Gasteiger partial charge is 0.132 e. The Hall–Kier alpha value is -1.16. The Morgan fingerprint density at radius 1 is 1.50 bits per heavy atom. The number of hydrogen-bond donors (Lipinski definition) is 1. The summed E-state index contributed by atoms with van der Waals surface area (Å²) in [6.07, 6.45) is 5.91. The van der Waals surface area contributed by atoms with Crippen molar-refractivity contribution in [2.45, 2.75) is 12.3 Å². The topological polar surface area (TPSA) is 43.8 Å². The summed E-state index contributed by atoms with van der Waals surface area (Å²) in [6.45, 7) is 2.17. The van der Waals surface area contributed by atoms with E-state index in [1.54, 1.807) is 18.0 Å². The molecule has 0 bridgehead atoms. The van der Waals surface area contributed by atoms with Gasteiger partial charge in [-0.2, -0.15) is 0 Å². The van der Waals surface area contributed by atoms with Crippen LogP contribution < -0.4 is 5.73 Å². The maximum atomic E-state index is 5.78. The second-order valence-electron chi connectivity index (χ2n) is 3.19. The molecule has 0 radical (unpaired) electrons. The van der Waals surface area contributed by atoms with Gasteiger partial charge in [0.2, 0.25) is 0 Å². The Kier molecular flexibility index (Phi) is 2.37. The van der Waals surface area contributed by atoms with Gasteiger partial charge < -0.3 is 10.3 Å². The zero-order valence-corrected chi connectivity index (χ0v) is 9.08. The summed E-state index contributed by atoms with van der Waals surface area (Å²) in [5, 5.41) is 1.46. The molecule has 1 unspecified atom stereocenters. The zero-order chi connectivity index (χ0) is 10.1. The Morgan fingerprint density at radius 2 is 2.29 bits per heavy atom. The normalized spacial score (nSPS) is 13.3. The minimum absolute atomic E-state index is 0.425. The summed E-state index contributed by atoms with van der Waals surface area (Å²) >= 11 is 1.80. The number of rotatable bonds is 2. The molecule has 74 valence electrons. The monoisotopic (exact) mass is 207 g/mol. The third-order valence-electron chi connectivity index (χ3n) is 2.41. The van der Waals surface area contributed by atoms with Gasteiger partial charge in [-0.05, 0) is 25.3 Å². The van der Waals surface area contributed by atoms with Crippen LogP contribution >= 0.6 is 11.8 Å². The van der Waals surface area contributed by atoms with Gasteiger partial charge in [0.05, 0.1) is 10.9 Å². The summed E-state index contributed by atoms with van der Waals surface area (Å²) in [6, 6.07) is 4.02. The lowest BCUT2D eigenvalue weighted by Crippen LogP contribution is -1.99. The van der Waals surface area contributed by atoms with Gasteiger partial charge in [-0.3, -0.25) is 0 Å². The van der Waals surface area contributed by atoms with Crippen LogP contribution in [0.3, 0.4) is 0 Å². The molecular weight excluding hydrogens is 194 g/mol. The molecule has 0 fully saturated rings. The minimum Gasteiger partial charge on any atom is -0.383 e. The average Bonchev–Trinajstić information content (AvgIpc) is 2.62. The van der Waals surface area contributed by atoms with Crippen LogP contribution in [0.15, 0.2) is 24.5 Å². The fourth-order valence-corrected chi connectivity index (χ4v) is 1.95. The number of aromatic nitrogens is 2. The van der Waals surface area contributed by atoms with E-state index in [-0.39, 0.29) is 0 Å². The van der Waals surface area contributed by atoms with E-state index in [9.17, 15) is 0 Å². The van der Waals surface area contributed by atoms with Crippen molar-refractivity contribution in [3.63, 3.8) is 0 Å². The summed E-state index contributed by atoms with van der Waals surface area (Å²) in [5.41, 5.74) is 6.93. The number of thioether (sulfide) groups is 1. The minimum atomic E-state index is 0.425. The van der Waals surface area contributed by atoms with Crippen molar-refractivity contribution in [1.29, 1.82) is 0 Å². The van der Waals surface area contributed by atoms with E-state index in [1.165, 1.54) is 0 Å². The van der Waals surface area contributed by atoms with Gasteiger partial charge in [-0.25, -0.2) is 4.98 Å². The SMILES string of the molecule is CSC(C)n1ccc2c(N)nccc21. The lowest BCUT2D eigenvalue weighted by Gasteiger charge is -2.11. The van der Waals surface area contributed by atoms with Crippen LogP contribution in [0.25, 0.3) is 10.9 Å². The average molecular weight is 207 g/mol. The molecule has 2 rings (SSSR count). The van der Waals surface area contributed by atoms with Crippen LogP contribution in [0.2, 0.25) is 0 Å². The lowest BCUT2D eigenvalue weighted by molar-refractivity contribution is 0.774. The lowest BCUT2D eigenvalue weighted by atomic mass is 10.3. The van der Waals surface area contributed by atoms with Crippen LogP contribution in [0.1, 0.15) is 12.3 Å². The maximum absolute atomic E-state index is 5.78. The highest BCUT2D eigenvalue weighted by atomic mass is 32.2. The largest absolute Gasteiger partial charge is 0.383 e. The highest BCUT2D eigenvalue weighted by molar-refractivity contribution is 7.98. The molecule has 14 heavy (non-hydrogen) atoms. The molecule has 0 aromatic carbocycles. The van der Waals surface area contributed by atoms with E-state index < -0.39 is 0 Å². The fraction of sp³-hybridized carbons (Fsp3) is 0.300. The first-order chi connectivity index (χ1) is 6.74. The van der Waals surface area contributed by atoms with E-state index in [2.05, 4.69) is 28.9 Å². The molecular formula is C10H13N3S. The number of fused-ring (bicyclic) bond motifs is 1. The molecule has 0 aliphatic heterocycles. The molecule has 4 heteroatoms. The molecule has 3 nitrogen and oxygen atoms in total. The third-order valence-corrected chi connectivity index (χ3v) is 3.32. The van der Waals surface area contributed by atoms with Gasteiger partial charge in [0.1, 0.15) is 5.82 Å². The predicted octanol–water partition coefficient (Wildman–Crippen LogP) is 2.50. The van der Waals surface area contributed by atoms with Gasteiger partial charge in [-0.1, -0.05) is 0 Å². The molecule has 2 N–H and O–H groups in total. The van der Waals surface area contributed by atoms with E-state index in [0.29, 0.717) is 11.2 Å². The predicted molar refractivity (Wildman–Crippen MR) is 62.4 cm³/mol. The number of anilines is 1. The van der Waals surface area contributed by atoms with Crippen molar-refractivity contribution in [3.8, 4) is 0 Å². The first kappa shape index (κ1) is 9.40. The van der Waals surface area contributed by atoms with Gasteiger partial charge in [0.25, 0.3) is 0 Å². The molecule has 1 atom stereocenters. The summed E-state index contributed by atoms with van der Waals surface area (Å²) in [5.74, 6) is 0.606. The number of nitrogens with two attached hydrogens (primary N) is 1. The van der Waals surface area contributed by atoms with Crippen molar-refractivity contribution in [2.75, 3.05) is 12.0 Å². The molecule has 2 aromatic rings. The highest BCUT2D eigenvalue weighted by Gasteiger charge is 2.08. The van der Waals surface area contributed by atoms with Crippen molar-refractivity contribution >= 4 is 28.5 Å². The van der Waals surface area contributed by atoms with Gasteiger partial charge in [0.15, 0.2) is 0 Å². The summed E-state index contributed by atoms with van der Waals surface area (Å²) < 4.78 is 2.21. The quantitative estimate of drug-likeness (QED) is 0.822. The molecule has 0 aliphatic rings. The number of nitrogens with zero attached hydrogens (tertiary/aromatic N) is 2. The summed E-state index contributed by atoms with van der Waals surface area (Å²) in [7, 11) is 0. The molecule has 2 aromatic heterocycles. The molecule has 0 spiro atoms. The second kappa shape index (κ2) is 3.53. The third kappa shape index (κ3) is 1.35. The van der Waals surface area contributed by atoms with Crippen LogP contribution in [0.5, 0.6) is 0 Å². The molecule has 0 saturated carbocycles. The number of nitrogen functional groups attached to an aromatic ring is 1. The second-order valence-corrected chi connectivity index (χ2v) is 4.34. The van der Waals surface area contributed by atoms with E-state index in [4.69, 9.17) is 5.73 Å². The van der Waals surface area contributed by atoms with Crippen molar-refractivity contribution < 1.29 is 0 Å². The molecule has 2 heterocycles. The van der Waals surface area contributed by atoms with Crippen molar-refractivity contribution in [2.24, 2.45) is 0 Å². The van der Waals surface area contributed by atoms with Crippen LogP contribution in [-0.4, -0.2) is 15.8 Å². The fourth-order valence-electron chi connectivity index (χ4n) is 1.54. The molecule has 0 amide bonds. The Balaban J connectivity index is 2.63. The van der Waals surface area contributed by atoms with E-state index in [0.717, 1.165) is 10.9 Å². The van der Waals surface area contributed by atoms with Crippen LogP contribution in [0, 0.1) is 0 Å². The van der Waals surface area contributed by atoms with Crippen LogP contribution in [0.4, 0.5) is 5.82 Å². The Morgan fingerprint density at radius 3 is 3.00 bits per heavy atom.